The van der Waals surface area contributed by atoms with E-state index in [1.165, 1.54) is 0 Å². The number of aliphatic carboxylic acids is 1. The first kappa shape index (κ1) is 14.0. The van der Waals surface area contributed by atoms with Crippen molar-refractivity contribution in [2.45, 2.75) is 12.8 Å². The molecule has 2 atom stereocenters. The first-order chi connectivity index (χ1) is 9.08. The molecule has 2 rings (SSSR count). The fourth-order valence-electron chi connectivity index (χ4n) is 2.15. The summed E-state index contributed by atoms with van der Waals surface area (Å²) in [7, 11) is 0. The lowest BCUT2D eigenvalue weighted by atomic mass is 9.82. The van der Waals surface area contributed by atoms with Crippen molar-refractivity contribution in [1.29, 1.82) is 0 Å². The van der Waals surface area contributed by atoms with Gasteiger partial charge in [0.05, 0.1) is 11.8 Å². The summed E-state index contributed by atoms with van der Waals surface area (Å²) < 4.78 is 1.08. The number of nitrogens with one attached hydrogen (secondary N) is 1. The van der Waals surface area contributed by atoms with E-state index in [9.17, 15) is 9.59 Å². The third kappa shape index (κ3) is 3.56. The smallest absolute Gasteiger partial charge is 0.307 e. The highest BCUT2D eigenvalue weighted by Gasteiger charge is 2.33. The highest BCUT2D eigenvalue weighted by Crippen LogP contribution is 2.27. The van der Waals surface area contributed by atoms with Crippen molar-refractivity contribution in [3.8, 4) is 0 Å². The van der Waals surface area contributed by atoms with E-state index in [0.717, 1.165) is 3.57 Å². The number of halogens is 1. The van der Waals surface area contributed by atoms with Gasteiger partial charge in [0.2, 0.25) is 5.91 Å². The number of carbonyl (C=O) groups excluding carboxylic acids is 1. The standard InChI is InChI=1S/C14H14INO3/c15-9-5-7-10(8-6-9)16-13(17)11-3-1-2-4-12(11)14(18)19/h1-2,5-8,11-12H,3-4H2,(H,16,17)(H,18,19). The second-order valence-electron chi connectivity index (χ2n) is 4.49. The van der Waals surface area contributed by atoms with Gasteiger partial charge in [-0.15, -0.1) is 0 Å². The van der Waals surface area contributed by atoms with Gasteiger partial charge in [-0.2, -0.15) is 0 Å². The SMILES string of the molecule is O=C(O)C1CC=CCC1C(=O)Nc1ccc(I)cc1. The summed E-state index contributed by atoms with van der Waals surface area (Å²) in [6.45, 7) is 0. The molecule has 1 amide bonds. The van der Waals surface area contributed by atoms with Crippen molar-refractivity contribution in [2.75, 3.05) is 5.32 Å². The lowest BCUT2D eigenvalue weighted by molar-refractivity contribution is -0.146. The molecule has 0 fully saturated rings. The predicted molar refractivity (Wildman–Crippen MR) is 80.8 cm³/mol. The summed E-state index contributed by atoms with van der Waals surface area (Å²) in [5.41, 5.74) is 0.698. The van der Waals surface area contributed by atoms with Crippen LogP contribution in [0.15, 0.2) is 36.4 Å². The van der Waals surface area contributed by atoms with Gasteiger partial charge in [-0.25, -0.2) is 0 Å². The van der Waals surface area contributed by atoms with E-state index in [-0.39, 0.29) is 5.91 Å². The van der Waals surface area contributed by atoms with Crippen molar-refractivity contribution in [3.05, 3.63) is 40.0 Å². The van der Waals surface area contributed by atoms with Gasteiger partial charge >= 0.3 is 5.97 Å². The molecule has 4 nitrogen and oxygen atoms in total. The molecule has 0 heterocycles. The highest BCUT2D eigenvalue weighted by atomic mass is 127. The average Bonchev–Trinajstić information content (AvgIpc) is 2.41. The number of carboxylic acids is 1. The fourth-order valence-corrected chi connectivity index (χ4v) is 2.50. The molecule has 2 N–H and O–H groups in total. The topological polar surface area (TPSA) is 66.4 Å². The number of allylic oxidation sites excluding steroid dienone is 2. The number of rotatable bonds is 3. The van der Waals surface area contributed by atoms with Gasteiger partial charge in [0.1, 0.15) is 0 Å². The molecule has 0 bridgehead atoms. The van der Waals surface area contributed by atoms with E-state index in [0.29, 0.717) is 18.5 Å². The monoisotopic (exact) mass is 371 g/mol. The number of anilines is 1. The Hall–Kier alpha value is -1.37. The molecule has 2 unspecified atom stereocenters. The van der Waals surface area contributed by atoms with Gasteiger partial charge in [0, 0.05) is 9.26 Å². The Bertz CT molecular complexity index is 510. The zero-order valence-corrected chi connectivity index (χ0v) is 12.3. The van der Waals surface area contributed by atoms with E-state index >= 15 is 0 Å². The molecule has 0 radical (unpaired) electrons. The Balaban J connectivity index is 2.08. The van der Waals surface area contributed by atoms with Crippen molar-refractivity contribution in [3.63, 3.8) is 0 Å². The van der Waals surface area contributed by atoms with E-state index in [2.05, 4.69) is 27.9 Å². The van der Waals surface area contributed by atoms with Gasteiger partial charge in [-0.1, -0.05) is 12.2 Å². The number of benzene rings is 1. The lowest BCUT2D eigenvalue weighted by Crippen LogP contribution is -2.34. The van der Waals surface area contributed by atoms with Crippen LogP contribution in [-0.2, 0) is 9.59 Å². The van der Waals surface area contributed by atoms with E-state index in [1.807, 2.05) is 36.4 Å². The number of amides is 1. The normalized spacial score (nSPS) is 21.9. The van der Waals surface area contributed by atoms with Crippen LogP contribution >= 0.6 is 22.6 Å². The van der Waals surface area contributed by atoms with Gasteiger partial charge in [-0.05, 0) is 59.7 Å². The number of hydrogen-bond acceptors (Lipinski definition) is 2. The van der Waals surface area contributed by atoms with Crippen LogP contribution in [0.1, 0.15) is 12.8 Å². The third-order valence-corrected chi connectivity index (χ3v) is 3.92. The molecule has 1 aromatic rings. The minimum absolute atomic E-state index is 0.224. The molecule has 1 aliphatic rings. The molecule has 0 saturated heterocycles. The third-order valence-electron chi connectivity index (χ3n) is 3.20. The van der Waals surface area contributed by atoms with E-state index in [4.69, 9.17) is 5.11 Å². The number of hydrogen-bond donors (Lipinski definition) is 2. The Labute approximate surface area is 125 Å². The average molecular weight is 371 g/mol. The first-order valence-electron chi connectivity index (χ1n) is 6.02. The summed E-state index contributed by atoms with van der Waals surface area (Å²) in [5, 5.41) is 11.9. The molecular weight excluding hydrogens is 357 g/mol. The van der Waals surface area contributed by atoms with Crippen LogP contribution in [0, 0.1) is 15.4 Å². The van der Waals surface area contributed by atoms with E-state index < -0.39 is 17.8 Å². The molecule has 1 aliphatic carbocycles. The van der Waals surface area contributed by atoms with Gasteiger partial charge in [0.25, 0.3) is 0 Å². The van der Waals surface area contributed by atoms with Crippen LogP contribution in [0.2, 0.25) is 0 Å². The largest absolute Gasteiger partial charge is 0.481 e. The van der Waals surface area contributed by atoms with Crippen LogP contribution < -0.4 is 5.32 Å². The molecule has 19 heavy (non-hydrogen) atoms. The molecular formula is C14H14INO3. The van der Waals surface area contributed by atoms with Crippen molar-refractivity contribution < 1.29 is 14.7 Å². The molecule has 0 spiro atoms. The minimum atomic E-state index is -0.910. The molecule has 1 aromatic carbocycles. The summed E-state index contributed by atoms with van der Waals surface area (Å²) >= 11 is 2.19. The van der Waals surface area contributed by atoms with Crippen LogP contribution in [-0.4, -0.2) is 17.0 Å². The Kier molecular flexibility index (Phi) is 4.57. The predicted octanol–water partition coefficient (Wildman–Crippen LogP) is 2.90. The molecule has 0 saturated carbocycles. The summed E-state index contributed by atoms with van der Waals surface area (Å²) in [6.07, 6.45) is 4.60. The summed E-state index contributed by atoms with van der Waals surface area (Å²) in [6, 6.07) is 7.42. The summed E-state index contributed by atoms with van der Waals surface area (Å²) in [5.74, 6) is -2.26. The highest BCUT2D eigenvalue weighted by molar-refractivity contribution is 14.1. The maximum atomic E-state index is 12.2. The van der Waals surface area contributed by atoms with Crippen molar-refractivity contribution in [1.82, 2.24) is 0 Å². The Morgan fingerprint density at radius 3 is 2.26 bits per heavy atom. The van der Waals surface area contributed by atoms with Crippen LogP contribution in [0.5, 0.6) is 0 Å². The molecule has 0 aliphatic heterocycles. The van der Waals surface area contributed by atoms with E-state index in [1.54, 1.807) is 0 Å². The van der Waals surface area contributed by atoms with Crippen LogP contribution in [0.3, 0.4) is 0 Å². The zero-order valence-electron chi connectivity index (χ0n) is 10.2. The van der Waals surface area contributed by atoms with Crippen molar-refractivity contribution >= 4 is 40.2 Å². The minimum Gasteiger partial charge on any atom is -0.481 e. The van der Waals surface area contributed by atoms with Gasteiger partial charge < -0.3 is 10.4 Å². The van der Waals surface area contributed by atoms with Gasteiger partial charge in [-0.3, -0.25) is 9.59 Å². The zero-order chi connectivity index (χ0) is 13.8. The van der Waals surface area contributed by atoms with Crippen LogP contribution in [0.4, 0.5) is 5.69 Å². The molecule has 5 heteroatoms. The summed E-state index contributed by atoms with van der Waals surface area (Å²) in [4.78, 5) is 23.3. The van der Waals surface area contributed by atoms with Crippen LogP contribution in [0.25, 0.3) is 0 Å². The van der Waals surface area contributed by atoms with Gasteiger partial charge in [0.15, 0.2) is 0 Å². The fraction of sp³-hybridized carbons (Fsp3) is 0.286. The second kappa shape index (κ2) is 6.18. The molecule has 100 valence electrons. The molecule has 0 aromatic heterocycles. The Morgan fingerprint density at radius 1 is 1.11 bits per heavy atom. The first-order valence-corrected chi connectivity index (χ1v) is 7.10. The van der Waals surface area contributed by atoms with Crippen molar-refractivity contribution in [2.24, 2.45) is 11.8 Å². The number of carbonyl (C=O) groups is 2. The lowest BCUT2D eigenvalue weighted by Gasteiger charge is -2.24. The Morgan fingerprint density at radius 2 is 1.68 bits per heavy atom. The maximum Gasteiger partial charge on any atom is 0.307 e. The quantitative estimate of drug-likeness (QED) is 0.634. The second-order valence-corrected chi connectivity index (χ2v) is 5.74. The number of carboxylic acid groups (broad SMARTS) is 1. The maximum absolute atomic E-state index is 12.2.